The highest BCUT2D eigenvalue weighted by atomic mass is 16.7. The third-order valence-electron chi connectivity index (χ3n) is 4.94. The molecule has 2 heterocycles. The van der Waals surface area contributed by atoms with Crippen molar-refractivity contribution >= 4 is 0 Å². The third kappa shape index (κ3) is 0.391. The molecule has 3 aliphatic carbocycles. The molecule has 2 aliphatic heterocycles. The summed E-state index contributed by atoms with van der Waals surface area (Å²) in [7, 11) is 0. The van der Waals surface area contributed by atoms with Crippen LogP contribution >= 0.6 is 0 Å². The van der Waals surface area contributed by atoms with Gasteiger partial charge in [0.25, 0.3) is 0 Å². The number of hydrogen-bond donors (Lipinski definition) is 0. The molecule has 0 aromatic carbocycles. The van der Waals surface area contributed by atoms with E-state index in [1.165, 1.54) is 19.3 Å². The molecular weight excluding hydrogens is 152 g/mol. The first-order valence-corrected chi connectivity index (χ1v) is 5.23. The standard InChI is InChI=1S/C10H12O2/c1-2-10-6(9(10)12-10)5-3-4(1)7-8(5)11-7/h4-9H,1-3H2. The minimum absolute atomic E-state index is 0.427. The van der Waals surface area contributed by atoms with Gasteiger partial charge in [-0.2, -0.15) is 0 Å². The Balaban J connectivity index is 1.63. The monoisotopic (exact) mass is 164 g/mol. The molecule has 2 nitrogen and oxygen atoms in total. The second kappa shape index (κ2) is 1.28. The van der Waals surface area contributed by atoms with Crippen LogP contribution in [0, 0.1) is 17.8 Å². The maximum absolute atomic E-state index is 5.71. The average molecular weight is 164 g/mol. The van der Waals surface area contributed by atoms with E-state index in [0.717, 1.165) is 17.8 Å². The zero-order valence-electron chi connectivity index (χ0n) is 6.90. The van der Waals surface area contributed by atoms with E-state index < -0.39 is 0 Å². The summed E-state index contributed by atoms with van der Waals surface area (Å²) in [6.07, 6.45) is 6.23. The van der Waals surface area contributed by atoms with Gasteiger partial charge in [-0.15, -0.1) is 0 Å². The Labute approximate surface area is 71.2 Å². The zero-order chi connectivity index (χ0) is 7.50. The Bertz CT molecular complexity index is 290. The molecule has 0 amide bonds. The maximum atomic E-state index is 5.71. The summed E-state index contributed by atoms with van der Waals surface area (Å²) in [5, 5.41) is 0. The number of epoxide rings is 2. The number of hydrogen-bond acceptors (Lipinski definition) is 2. The molecule has 1 spiro atoms. The number of rotatable bonds is 0. The van der Waals surface area contributed by atoms with Crippen molar-refractivity contribution < 1.29 is 9.47 Å². The van der Waals surface area contributed by atoms with Gasteiger partial charge in [0, 0.05) is 5.92 Å². The summed E-state index contributed by atoms with van der Waals surface area (Å²) < 4.78 is 11.3. The van der Waals surface area contributed by atoms with E-state index >= 15 is 0 Å². The molecule has 5 rings (SSSR count). The summed E-state index contributed by atoms with van der Waals surface area (Å²) in [5.74, 6) is 2.74. The van der Waals surface area contributed by atoms with Crippen molar-refractivity contribution in [3.05, 3.63) is 0 Å². The second-order valence-corrected chi connectivity index (χ2v) is 5.28. The summed E-state index contributed by atoms with van der Waals surface area (Å²) >= 11 is 0. The van der Waals surface area contributed by atoms with Crippen molar-refractivity contribution in [2.45, 2.75) is 43.2 Å². The molecular formula is C10H12O2. The van der Waals surface area contributed by atoms with Crippen molar-refractivity contribution in [1.82, 2.24) is 0 Å². The lowest BCUT2D eigenvalue weighted by Crippen LogP contribution is -2.19. The quantitative estimate of drug-likeness (QED) is 0.498. The summed E-state index contributed by atoms with van der Waals surface area (Å²) in [4.78, 5) is 0. The van der Waals surface area contributed by atoms with E-state index in [-0.39, 0.29) is 0 Å². The van der Waals surface area contributed by atoms with Crippen LogP contribution in [0.2, 0.25) is 0 Å². The zero-order valence-corrected chi connectivity index (χ0v) is 6.90. The molecule has 64 valence electrons. The SMILES string of the molecule is C1CC23OC2C3C2CC1C1OC21. The van der Waals surface area contributed by atoms with Crippen molar-refractivity contribution in [1.29, 1.82) is 0 Å². The molecule has 12 heavy (non-hydrogen) atoms. The van der Waals surface area contributed by atoms with Crippen LogP contribution in [0.15, 0.2) is 0 Å². The van der Waals surface area contributed by atoms with Crippen LogP contribution in [0.3, 0.4) is 0 Å². The lowest BCUT2D eigenvalue weighted by Gasteiger charge is -2.14. The molecule has 3 saturated carbocycles. The smallest absolute Gasteiger partial charge is 0.101 e. The van der Waals surface area contributed by atoms with Gasteiger partial charge in [-0.25, -0.2) is 0 Å². The summed E-state index contributed by atoms with van der Waals surface area (Å²) in [6.45, 7) is 0. The Hall–Kier alpha value is -0.0800. The first kappa shape index (κ1) is 5.61. The second-order valence-electron chi connectivity index (χ2n) is 5.28. The maximum Gasteiger partial charge on any atom is 0.101 e. The van der Waals surface area contributed by atoms with Crippen molar-refractivity contribution in [2.24, 2.45) is 17.8 Å². The Morgan fingerprint density at radius 1 is 1.25 bits per heavy atom. The fourth-order valence-electron chi connectivity index (χ4n) is 4.17. The normalized spacial score (nSPS) is 80.0. The predicted octanol–water partition coefficient (Wildman–Crippen LogP) is 0.951. The van der Waals surface area contributed by atoms with Gasteiger partial charge in [-0.05, 0) is 31.1 Å². The van der Waals surface area contributed by atoms with Gasteiger partial charge in [-0.3, -0.25) is 0 Å². The van der Waals surface area contributed by atoms with Gasteiger partial charge < -0.3 is 9.47 Å². The van der Waals surface area contributed by atoms with Gasteiger partial charge in [0.1, 0.15) is 5.60 Å². The van der Waals surface area contributed by atoms with Crippen molar-refractivity contribution in [2.75, 3.05) is 0 Å². The first-order chi connectivity index (χ1) is 5.90. The highest BCUT2D eigenvalue weighted by Gasteiger charge is 2.86. The van der Waals surface area contributed by atoms with Crippen molar-refractivity contribution in [3.8, 4) is 0 Å². The Morgan fingerprint density at radius 2 is 2.25 bits per heavy atom. The van der Waals surface area contributed by atoms with Gasteiger partial charge in [0.2, 0.25) is 0 Å². The number of ether oxygens (including phenoxy) is 2. The van der Waals surface area contributed by atoms with Crippen LogP contribution in [-0.4, -0.2) is 23.9 Å². The van der Waals surface area contributed by atoms with Gasteiger partial charge in [-0.1, -0.05) is 0 Å². The highest BCUT2D eigenvalue weighted by molar-refractivity contribution is 5.33. The molecule has 0 radical (unpaired) electrons. The molecule has 2 saturated heterocycles. The summed E-state index contributed by atoms with van der Waals surface area (Å²) in [5.41, 5.74) is 0.427. The minimum atomic E-state index is 0.427. The van der Waals surface area contributed by atoms with Crippen LogP contribution in [0.4, 0.5) is 0 Å². The fourth-order valence-corrected chi connectivity index (χ4v) is 4.17. The fraction of sp³-hybridized carbons (Fsp3) is 1.00. The van der Waals surface area contributed by atoms with E-state index in [0.29, 0.717) is 23.9 Å². The van der Waals surface area contributed by atoms with Crippen LogP contribution in [0.1, 0.15) is 19.3 Å². The minimum Gasteiger partial charge on any atom is -0.369 e. The molecule has 2 bridgehead atoms. The molecule has 5 aliphatic rings. The topological polar surface area (TPSA) is 25.1 Å². The average Bonchev–Trinajstić information content (AvgIpc) is 2.88. The van der Waals surface area contributed by atoms with E-state index in [1.54, 1.807) is 0 Å². The molecule has 0 N–H and O–H groups in total. The van der Waals surface area contributed by atoms with Crippen LogP contribution in [-0.2, 0) is 9.47 Å². The lowest BCUT2D eigenvalue weighted by atomic mass is 9.98. The van der Waals surface area contributed by atoms with Crippen LogP contribution in [0.5, 0.6) is 0 Å². The molecule has 5 fully saturated rings. The van der Waals surface area contributed by atoms with E-state index in [1.807, 2.05) is 0 Å². The van der Waals surface area contributed by atoms with E-state index in [9.17, 15) is 0 Å². The third-order valence-corrected chi connectivity index (χ3v) is 4.94. The molecule has 0 aromatic rings. The predicted molar refractivity (Wildman–Crippen MR) is 40.6 cm³/mol. The van der Waals surface area contributed by atoms with Crippen LogP contribution < -0.4 is 0 Å². The highest BCUT2D eigenvalue weighted by Crippen LogP contribution is 2.76. The van der Waals surface area contributed by atoms with E-state index in [2.05, 4.69) is 0 Å². The Morgan fingerprint density at radius 3 is 3.17 bits per heavy atom. The first-order valence-electron chi connectivity index (χ1n) is 5.23. The van der Waals surface area contributed by atoms with Gasteiger partial charge in [0.15, 0.2) is 0 Å². The largest absolute Gasteiger partial charge is 0.369 e. The Kier molecular flexibility index (Phi) is 0.600. The van der Waals surface area contributed by atoms with Crippen molar-refractivity contribution in [3.63, 3.8) is 0 Å². The lowest BCUT2D eigenvalue weighted by molar-refractivity contribution is 0.101. The van der Waals surface area contributed by atoms with Crippen LogP contribution in [0.25, 0.3) is 0 Å². The summed E-state index contributed by atoms with van der Waals surface area (Å²) in [6, 6.07) is 0. The van der Waals surface area contributed by atoms with E-state index in [4.69, 9.17) is 9.47 Å². The van der Waals surface area contributed by atoms with Gasteiger partial charge in [0.05, 0.1) is 18.3 Å². The molecule has 2 heteroatoms. The molecule has 7 atom stereocenters. The number of fused-ring (bicyclic) bond motifs is 7. The molecule has 0 aromatic heterocycles. The molecule has 7 unspecified atom stereocenters. The van der Waals surface area contributed by atoms with Gasteiger partial charge >= 0.3 is 0 Å².